The highest BCUT2D eigenvalue weighted by atomic mass is 32.1. The summed E-state index contributed by atoms with van der Waals surface area (Å²) in [5, 5.41) is 12.6. The molecule has 2 rings (SSSR count). The maximum Gasteiger partial charge on any atom is 0.121 e. The molecule has 0 saturated carbocycles. The summed E-state index contributed by atoms with van der Waals surface area (Å²) in [5.41, 5.74) is 2.38. The predicted molar refractivity (Wildman–Crippen MR) is 62.0 cm³/mol. The summed E-state index contributed by atoms with van der Waals surface area (Å²) >= 11 is 1.49. The van der Waals surface area contributed by atoms with Gasteiger partial charge in [-0.2, -0.15) is 0 Å². The molecule has 3 heteroatoms. The van der Waals surface area contributed by atoms with Crippen LogP contribution in [0.1, 0.15) is 22.2 Å². The van der Waals surface area contributed by atoms with Crippen molar-refractivity contribution in [1.82, 2.24) is 4.98 Å². The van der Waals surface area contributed by atoms with Gasteiger partial charge in [0.15, 0.2) is 0 Å². The van der Waals surface area contributed by atoms with Crippen molar-refractivity contribution in [2.24, 2.45) is 0 Å². The second-order valence-corrected chi connectivity index (χ2v) is 4.50. The Morgan fingerprint density at radius 3 is 2.67 bits per heavy atom. The number of benzene rings is 1. The Labute approximate surface area is 93.2 Å². The van der Waals surface area contributed by atoms with E-state index in [2.05, 4.69) is 24.0 Å². The van der Waals surface area contributed by atoms with Crippen molar-refractivity contribution >= 4 is 11.3 Å². The maximum absolute atomic E-state index is 9.88. The van der Waals surface area contributed by atoms with Crippen molar-refractivity contribution in [1.29, 1.82) is 0 Å². The molecule has 0 aliphatic carbocycles. The minimum Gasteiger partial charge on any atom is -0.386 e. The minimum absolute atomic E-state index is 0.479. The van der Waals surface area contributed by atoms with Crippen LogP contribution in [-0.4, -0.2) is 10.1 Å². The topological polar surface area (TPSA) is 33.1 Å². The summed E-state index contributed by atoms with van der Waals surface area (Å²) in [4.78, 5) is 4.10. The lowest BCUT2D eigenvalue weighted by atomic mass is 10.1. The van der Waals surface area contributed by atoms with Gasteiger partial charge in [0, 0.05) is 18.0 Å². The zero-order chi connectivity index (χ0) is 10.7. The zero-order valence-corrected chi connectivity index (χ0v) is 9.37. The van der Waals surface area contributed by atoms with Crippen molar-refractivity contribution in [3.05, 3.63) is 52.0 Å². The predicted octanol–water partition coefficient (Wildman–Crippen LogP) is 2.73. The average molecular weight is 219 g/mol. The molecule has 1 heterocycles. The number of thiazole rings is 1. The van der Waals surface area contributed by atoms with Crippen LogP contribution in [-0.2, 0) is 6.42 Å². The number of nitrogens with zero attached hydrogens (tertiary/aromatic N) is 1. The average Bonchev–Trinajstić information content (AvgIpc) is 2.74. The van der Waals surface area contributed by atoms with Gasteiger partial charge in [0.25, 0.3) is 0 Å². The fraction of sp³-hybridized carbons (Fsp3) is 0.250. The Bertz CT molecular complexity index is 408. The van der Waals surface area contributed by atoms with Gasteiger partial charge in [-0.1, -0.05) is 29.8 Å². The first-order valence-electron chi connectivity index (χ1n) is 4.89. The van der Waals surface area contributed by atoms with Crippen LogP contribution >= 0.6 is 11.3 Å². The Balaban J connectivity index is 2.06. The van der Waals surface area contributed by atoms with Crippen LogP contribution in [0.4, 0.5) is 0 Å². The first-order valence-corrected chi connectivity index (χ1v) is 5.76. The Hall–Kier alpha value is -1.19. The molecule has 0 fully saturated rings. The highest BCUT2D eigenvalue weighted by molar-refractivity contribution is 7.09. The highest BCUT2D eigenvalue weighted by Crippen LogP contribution is 2.20. The van der Waals surface area contributed by atoms with Gasteiger partial charge in [0.05, 0.1) is 0 Å². The molecule has 1 N–H and O–H groups in total. The molecular formula is C12H13NOS. The quantitative estimate of drug-likeness (QED) is 0.861. The maximum atomic E-state index is 9.88. The molecule has 1 atom stereocenters. The van der Waals surface area contributed by atoms with Gasteiger partial charge in [-0.3, -0.25) is 0 Å². The minimum atomic E-state index is -0.479. The molecule has 1 aromatic carbocycles. The van der Waals surface area contributed by atoms with Crippen LogP contribution in [0, 0.1) is 6.92 Å². The molecule has 0 saturated heterocycles. The zero-order valence-electron chi connectivity index (χ0n) is 8.55. The van der Waals surface area contributed by atoms with Crippen LogP contribution in [0.5, 0.6) is 0 Å². The third-order valence-electron chi connectivity index (χ3n) is 2.29. The molecule has 78 valence electrons. The monoisotopic (exact) mass is 219 g/mol. The third kappa shape index (κ3) is 2.64. The number of aryl methyl sites for hydroxylation is 1. The normalized spacial score (nSPS) is 12.7. The van der Waals surface area contributed by atoms with E-state index < -0.39 is 6.10 Å². The second-order valence-electron chi connectivity index (χ2n) is 3.58. The molecule has 2 nitrogen and oxygen atoms in total. The van der Waals surface area contributed by atoms with Crippen LogP contribution in [0.3, 0.4) is 0 Å². The standard InChI is InChI=1S/C12H13NOS/c1-9-2-4-10(5-3-9)8-11(14)12-13-6-7-15-12/h2-7,11,14H,8H2,1H3. The Morgan fingerprint density at radius 1 is 1.33 bits per heavy atom. The fourth-order valence-corrected chi connectivity index (χ4v) is 2.06. The Kier molecular flexibility index (Phi) is 3.14. The lowest BCUT2D eigenvalue weighted by Crippen LogP contribution is -2.00. The fourth-order valence-electron chi connectivity index (χ4n) is 1.43. The van der Waals surface area contributed by atoms with E-state index in [9.17, 15) is 5.11 Å². The largest absolute Gasteiger partial charge is 0.386 e. The highest BCUT2D eigenvalue weighted by Gasteiger charge is 2.10. The van der Waals surface area contributed by atoms with Crippen LogP contribution < -0.4 is 0 Å². The molecular weight excluding hydrogens is 206 g/mol. The number of hydrogen-bond donors (Lipinski definition) is 1. The summed E-state index contributed by atoms with van der Waals surface area (Å²) in [5.74, 6) is 0. The van der Waals surface area contributed by atoms with Crippen LogP contribution in [0.15, 0.2) is 35.8 Å². The van der Waals surface area contributed by atoms with E-state index in [1.54, 1.807) is 6.20 Å². The van der Waals surface area contributed by atoms with Gasteiger partial charge in [0.2, 0.25) is 0 Å². The first-order chi connectivity index (χ1) is 7.25. The van der Waals surface area contributed by atoms with Crippen molar-refractivity contribution in [2.45, 2.75) is 19.4 Å². The summed E-state index contributed by atoms with van der Waals surface area (Å²) in [6.07, 6.45) is 1.87. The summed E-state index contributed by atoms with van der Waals surface area (Å²) < 4.78 is 0. The number of aliphatic hydroxyl groups excluding tert-OH is 1. The molecule has 0 bridgehead atoms. The van der Waals surface area contributed by atoms with Crippen molar-refractivity contribution < 1.29 is 5.11 Å². The summed E-state index contributed by atoms with van der Waals surface area (Å²) in [6, 6.07) is 8.21. The number of aliphatic hydroxyl groups is 1. The summed E-state index contributed by atoms with van der Waals surface area (Å²) in [6.45, 7) is 2.06. The molecule has 0 amide bonds. The molecule has 2 aromatic rings. The van der Waals surface area contributed by atoms with E-state index in [1.165, 1.54) is 16.9 Å². The molecule has 0 aliphatic heterocycles. The smallest absolute Gasteiger partial charge is 0.121 e. The van der Waals surface area contributed by atoms with Gasteiger partial charge >= 0.3 is 0 Å². The second kappa shape index (κ2) is 4.55. The SMILES string of the molecule is Cc1ccc(CC(O)c2nccs2)cc1. The van der Waals surface area contributed by atoms with E-state index >= 15 is 0 Å². The van der Waals surface area contributed by atoms with E-state index in [4.69, 9.17) is 0 Å². The van der Waals surface area contributed by atoms with Crippen LogP contribution in [0.25, 0.3) is 0 Å². The van der Waals surface area contributed by atoms with E-state index in [0.717, 1.165) is 10.6 Å². The third-order valence-corrected chi connectivity index (χ3v) is 3.16. The molecule has 0 aliphatic rings. The van der Waals surface area contributed by atoms with Crippen molar-refractivity contribution in [2.75, 3.05) is 0 Å². The summed E-state index contributed by atoms with van der Waals surface area (Å²) in [7, 11) is 0. The molecule has 0 spiro atoms. The van der Waals surface area contributed by atoms with Gasteiger partial charge < -0.3 is 5.11 Å². The van der Waals surface area contributed by atoms with Crippen LogP contribution in [0.2, 0.25) is 0 Å². The van der Waals surface area contributed by atoms with E-state index in [-0.39, 0.29) is 0 Å². The van der Waals surface area contributed by atoms with E-state index in [1.807, 2.05) is 17.5 Å². The number of aromatic nitrogens is 1. The molecule has 1 aromatic heterocycles. The lowest BCUT2D eigenvalue weighted by Gasteiger charge is -2.07. The van der Waals surface area contributed by atoms with Crippen molar-refractivity contribution in [3.8, 4) is 0 Å². The molecule has 0 radical (unpaired) electrons. The van der Waals surface area contributed by atoms with Gasteiger partial charge in [-0.05, 0) is 12.5 Å². The van der Waals surface area contributed by atoms with Gasteiger partial charge in [-0.15, -0.1) is 11.3 Å². The van der Waals surface area contributed by atoms with E-state index in [0.29, 0.717) is 6.42 Å². The first kappa shape index (κ1) is 10.3. The number of hydrogen-bond acceptors (Lipinski definition) is 3. The van der Waals surface area contributed by atoms with Crippen molar-refractivity contribution in [3.63, 3.8) is 0 Å². The Morgan fingerprint density at radius 2 is 2.07 bits per heavy atom. The number of rotatable bonds is 3. The lowest BCUT2D eigenvalue weighted by molar-refractivity contribution is 0.178. The molecule has 15 heavy (non-hydrogen) atoms. The molecule has 1 unspecified atom stereocenters. The van der Waals surface area contributed by atoms with Gasteiger partial charge in [-0.25, -0.2) is 4.98 Å². The van der Waals surface area contributed by atoms with Gasteiger partial charge in [0.1, 0.15) is 11.1 Å².